The Morgan fingerprint density at radius 2 is 0.880 bits per heavy atom. The van der Waals surface area contributed by atoms with Crippen molar-refractivity contribution in [1.82, 2.24) is 84.7 Å². The van der Waals surface area contributed by atoms with Gasteiger partial charge in [-0.3, -0.25) is 20.7 Å². The Bertz CT molecular complexity index is 4500. The number of hydrogen-bond donors (Lipinski definition) is 12. The lowest BCUT2D eigenvalue weighted by molar-refractivity contribution is -0.148. The SMILES string of the molecule is Br.C.CN(C)CCN1Cc2cc(/C=C/C(=O)O)cnc2NC1=O.CN(C)CCN1Cc2cc(/C=C/C(=O)OC(C)(C)C)cnc2NC1=O.CN(C)CCN1Cc2cc(Br)cnc2NC1=O.CN(C)CCNC(=O)c1cc(Br)cnc1N.CN(C)CCNCc1cc(Br)cnc1N.Nc1ncc(Br)cc1C(=O)O.Nc1ncccc1C(=O)O. The summed E-state index contributed by atoms with van der Waals surface area (Å²) in [7, 11) is 19.8. The topological polar surface area (TPSA) is 487 Å². The number of pyridine rings is 7. The number of aromatic carboxylic acids is 2. The Morgan fingerprint density at radius 3 is 1.29 bits per heavy atom. The minimum Gasteiger partial charge on any atom is -0.478 e. The van der Waals surface area contributed by atoms with E-state index in [1.165, 1.54) is 48.9 Å². The Hall–Kier alpha value is -9.95. The molecule has 0 saturated carbocycles. The molecule has 0 atom stereocenters. The molecule has 0 bridgehead atoms. The second-order valence-electron chi connectivity index (χ2n) is 27.7. The van der Waals surface area contributed by atoms with Gasteiger partial charge >= 0.3 is 42.0 Å². The molecule has 0 aliphatic carbocycles. The van der Waals surface area contributed by atoms with Crippen molar-refractivity contribution in [2.75, 3.05) is 175 Å². The predicted molar refractivity (Wildman–Crippen MR) is 476 cm³/mol. The third-order valence-electron chi connectivity index (χ3n) is 15.4. The van der Waals surface area contributed by atoms with E-state index in [-0.39, 0.29) is 77.0 Å². The quantitative estimate of drug-likeness (QED) is 0.0152. The summed E-state index contributed by atoms with van der Waals surface area (Å²) < 4.78 is 8.47. The van der Waals surface area contributed by atoms with E-state index >= 15 is 0 Å². The zero-order valence-electron chi connectivity index (χ0n) is 66.8. The van der Waals surface area contributed by atoms with Gasteiger partial charge in [-0.1, -0.05) is 7.43 Å². The fraction of sp³-hybridized carbons (Fsp3) is 0.382. The molecular formula is C76H107Br5N24O12. The number of hydrogen-bond acceptors (Lipinski definition) is 26. The molecule has 36 nitrogen and oxygen atoms in total. The molecule has 7 aromatic heterocycles. The number of anilines is 7. The normalized spacial score (nSPS) is 12.4. The number of carbonyl (C=O) groups excluding carboxylic acids is 5. The molecule has 10 heterocycles. The van der Waals surface area contributed by atoms with Gasteiger partial charge in [-0.05, 0) is 227 Å². The molecule has 16 N–H and O–H groups in total. The van der Waals surface area contributed by atoms with E-state index in [9.17, 15) is 38.4 Å². The molecule has 0 saturated heterocycles. The fourth-order valence-corrected chi connectivity index (χ4v) is 10.9. The van der Waals surface area contributed by atoms with E-state index in [1.807, 2.05) is 116 Å². The van der Waals surface area contributed by atoms with Gasteiger partial charge in [0.1, 0.15) is 57.5 Å². The first-order valence-corrected chi connectivity index (χ1v) is 38.5. The van der Waals surface area contributed by atoms with Gasteiger partial charge in [0.25, 0.3) is 5.91 Å². The maximum Gasteiger partial charge on any atom is 0.339 e. The highest BCUT2D eigenvalue weighted by Crippen LogP contribution is 2.27. The molecule has 3 aliphatic heterocycles. The van der Waals surface area contributed by atoms with Gasteiger partial charge in [0, 0.05) is 168 Å². The first kappa shape index (κ1) is 103. The van der Waals surface area contributed by atoms with Crippen LogP contribution in [0.1, 0.15) is 92.7 Å². The number of nitrogens with zero attached hydrogens (tertiary/aromatic N) is 15. The van der Waals surface area contributed by atoms with E-state index in [0.29, 0.717) is 84.7 Å². The molecule has 7 amide bonds. The first-order chi connectivity index (χ1) is 54.1. The van der Waals surface area contributed by atoms with Crippen molar-refractivity contribution in [3.63, 3.8) is 0 Å². The van der Waals surface area contributed by atoms with E-state index in [1.54, 1.807) is 51.6 Å². The number of urea groups is 3. The van der Waals surface area contributed by atoms with Gasteiger partial charge in [0.2, 0.25) is 0 Å². The summed E-state index contributed by atoms with van der Waals surface area (Å²) in [5.41, 5.74) is 27.2. The van der Waals surface area contributed by atoms with Crippen molar-refractivity contribution in [2.45, 2.75) is 60.0 Å². The van der Waals surface area contributed by atoms with Gasteiger partial charge in [-0.25, -0.2) is 68.4 Å². The Morgan fingerprint density at radius 1 is 0.504 bits per heavy atom. The van der Waals surface area contributed by atoms with Crippen LogP contribution in [0, 0.1) is 0 Å². The number of esters is 1. The number of nitrogens with one attached hydrogen (secondary N) is 5. The number of fused-ring (bicyclic) bond motifs is 3. The summed E-state index contributed by atoms with van der Waals surface area (Å²) in [4.78, 5) is 134. The number of amides is 7. The number of rotatable bonds is 24. The van der Waals surface area contributed by atoms with Crippen LogP contribution < -0.4 is 49.5 Å². The lowest BCUT2D eigenvalue weighted by Crippen LogP contribution is -2.42. The Labute approximate surface area is 726 Å². The second-order valence-corrected chi connectivity index (χ2v) is 31.3. The monoisotopic (exact) mass is 1940 g/mol. The number of carboxylic acid groups (broad SMARTS) is 3. The Balaban J connectivity index is 0.000000470. The molecule has 0 fully saturated rings. The van der Waals surface area contributed by atoms with E-state index < -0.39 is 29.5 Å². The molecule has 117 heavy (non-hydrogen) atoms. The van der Waals surface area contributed by atoms with Crippen LogP contribution in [0.5, 0.6) is 0 Å². The van der Waals surface area contributed by atoms with Crippen molar-refractivity contribution in [2.24, 2.45) is 0 Å². The van der Waals surface area contributed by atoms with Crippen LogP contribution in [-0.4, -0.2) is 279 Å². The minimum absolute atomic E-state index is 0. The number of nitrogens with two attached hydrogens (primary N) is 4. The number of likely N-dealkylation sites (N-methyl/N-ethyl adjacent to an activating group) is 5. The molecule has 7 aromatic rings. The summed E-state index contributed by atoms with van der Waals surface area (Å²) in [5.74, 6) is -1.04. The van der Waals surface area contributed by atoms with E-state index in [2.05, 4.69) is 149 Å². The van der Waals surface area contributed by atoms with Gasteiger partial charge in [-0.2, -0.15) is 0 Å². The largest absolute Gasteiger partial charge is 0.478 e. The minimum atomic E-state index is -1.07. The average molecular weight is 1950 g/mol. The molecule has 41 heteroatoms. The number of carboxylic acids is 3. The van der Waals surface area contributed by atoms with Gasteiger partial charge in [0.15, 0.2) is 0 Å². The standard InChI is InChI=1S/C18H26N4O3.C14H18N4O3.C11H15BrN4O.C10H15BrN4O.C10H17BrN4.C6H5BrN2O2.C6H6N2O2.CH4.BrH/c1-18(2,3)25-15(23)7-6-13-10-14-12-22(9-8-21(4)5)17(24)20-16(14)19-11-13;1-17(2)5-6-18-9-11-7-10(3-4-12(19)20)8-15-13(11)16-14(18)21;1-15(2)3-4-16-7-8-5-9(12)6-13-10(8)14-11(16)17;1-15(2)4-3-13-10(16)8-5-7(11)6-14-9(8)12;1-15(2)4-3-13-6-8-5-9(11)7-14-10(8)12;7-3-1-4(6(10)11)5(8)9-2-3;7-5-4(6(9)10)2-1-3-8-5;;/h6-7,10-11H,8-9,12H2,1-5H3,(H,19,20,24);3-4,7-8H,5-6,9H2,1-2H3,(H,19,20)(H,15,16,21);5-6H,3-4,7H2,1-2H3,(H,13,14,17);5-6H,3-4H2,1-2H3,(H2,12,14)(H,13,16);5,7,13H,3-4,6H2,1-2H3,(H2,12,14);1-2H,(H2,8,9)(H,10,11);1-3H,(H2,7,8)(H,9,10);1H4;1H/b7-6+;4-3+;;;;;;;. The van der Waals surface area contributed by atoms with E-state index in [0.717, 1.165) is 93.1 Å². The number of aliphatic carboxylic acids is 1. The summed E-state index contributed by atoms with van der Waals surface area (Å²) in [6.45, 7) is 15.5. The lowest BCUT2D eigenvalue weighted by Gasteiger charge is -2.29. The summed E-state index contributed by atoms with van der Waals surface area (Å²) in [6.07, 6.45) is 16.6. The van der Waals surface area contributed by atoms with Crippen LogP contribution in [-0.2, 0) is 40.5 Å². The van der Waals surface area contributed by atoms with Crippen molar-refractivity contribution in [3.05, 3.63) is 172 Å². The summed E-state index contributed by atoms with van der Waals surface area (Å²) in [6, 6.07) is 13.4. The third-order valence-corrected chi connectivity index (χ3v) is 17.1. The fourth-order valence-electron chi connectivity index (χ4n) is 9.46. The highest BCUT2D eigenvalue weighted by atomic mass is 79.9. The smallest absolute Gasteiger partial charge is 0.339 e. The number of ether oxygens (including phenoxy) is 1. The van der Waals surface area contributed by atoms with E-state index in [4.69, 9.17) is 43.0 Å². The molecular weight excluding hydrogens is 1840 g/mol. The highest BCUT2D eigenvalue weighted by molar-refractivity contribution is 9.11. The maximum absolute atomic E-state index is 12.1. The molecule has 0 spiro atoms. The molecule has 0 radical (unpaired) electrons. The predicted octanol–water partition coefficient (Wildman–Crippen LogP) is 9.68. The average Bonchev–Trinajstić information content (AvgIpc) is 0.821. The van der Waals surface area contributed by atoms with Crippen LogP contribution in [0.25, 0.3) is 12.2 Å². The van der Waals surface area contributed by atoms with Gasteiger partial charge in [-0.15, -0.1) is 17.0 Å². The lowest BCUT2D eigenvalue weighted by atomic mass is 10.1. The molecule has 0 aromatic carbocycles. The van der Waals surface area contributed by atoms with Crippen molar-refractivity contribution in [3.8, 4) is 0 Å². The zero-order valence-corrected chi connectivity index (χ0v) is 74.9. The maximum atomic E-state index is 12.1. The first-order valence-electron chi connectivity index (χ1n) is 35.3. The van der Waals surface area contributed by atoms with Crippen LogP contribution in [0.3, 0.4) is 0 Å². The van der Waals surface area contributed by atoms with Crippen LogP contribution >= 0.6 is 80.7 Å². The number of halogens is 5. The summed E-state index contributed by atoms with van der Waals surface area (Å²) >= 11 is 13.1. The summed E-state index contributed by atoms with van der Waals surface area (Å²) in [5, 5.41) is 40.1. The number of aromatic nitrogens is 7. The van der Waals surface area contributed by atoms with Crippen LogP contribution in [0.2, 0.25) is 0 Å². The van der Waals surface area contributed by atoms with Crippen LogP contribution in [0.15, 0.2) is 122 Å². The highest BCUT2D eigenvalue weighted by Gasteiger charge is 2.27. The second kappa shape index (κ2) is 52.0. The van der Waals surface area contributed by atoms with Crippen molar-refractivity contribution < 1.29 is 58.4 Å². The molecule has 638 valence electrons. The third kappa shape index (κ3) is 39.7. The van der Waals surface area contributed by atoms with Gasteiger partial charge < -0.3 is 92.8 Å². The number of nitrogen functional groups attached to an aromatic ring is 4. The van der Waals surface area contributed by atoms with Crippen molar-refractivity contribution >= 4 is 181 Å². The number of carbonyl (C=O) groups is 8. The Kier molecular flexibility index (Phi) is 45.8. The molecule has 0 unspecified atom stereocenters. The zero-order chi connectivity index (χ0) is 85.8. The molecule has 10 rings (SSSR count). The molecule has 3 aliphatic rings. The van der Waals surface area contributed by atoms with Crippen molar-refractivity contribution in [1.29, 1.82) is 0 Å². The van der Waals surface area contributed by atoms with Crippen LogP contribution in [0.4, 0.5) is 55.1 Å². The van der Waals surface area contributed by atoms with Gasteiger partial charge in [0.05, 0.1) is 25.2 Å².